The fourth-order valence-corrected chi connectivity index (χ4v) is 4.34. The molecule has 9 N–H and O–H groups in total. The zero-order valence-electron chi connectivity index (χ0n) is 24.7. The molecule has 40 heavy (non-hydrogen) atoms. The number of nitrogens with zero attached hydrogens (tertiary/aromatic N) is 1. The summed E-state index contributed by atoms with van der Waals surface area (Å²) in [5.41, 5.74) is 17.0. The highest BCUT2D eigenvalue weighted by atomic mass is 16.1. The molecule has 0 saturated carbocycles. The lowest BCUT2D eigenvalue weighted by Gasteiger charge is -2.23. The summed E-state index contributed by atoms with van der Waals surface area (Å²) in [6, 6.07) is 5.68. The number of H-pyrrole nitrogens is 1. The molecule has 0 aliphatic heterocycles. The van der Waals surface area contributed by atoms with E-state index in [0.717, 1.165) is 48.6 Å². The van der Waals surface area contributed by atoms with E-state index in [9.17, 15) is 9.59 Å². The van der Waals surface area contributed by atoms with E-state index in [1.807, 2.05) is 58.9 Å². The summed E-state index contributed by atoms with van der Waals surface area (Å²) >= 11 is 0. The molecular formula is C30H46N8O2. The Hall–Kier alpha value is -3.89. The number of hydrogen-bond acceptors (Lipinski definition) is 8. The highest BCUT2D eigenvalue weighted by Gasteiger charge is 2.18. The maximum absolute atomic E-state index is 13.4. The molecule has 0 saturated heterocycles. The monoisotopic (exact) mass is 550 g/mol. The van der Waals surface area contributed by atoms with Crippen LogP contribution >= 0.6 is 0 Å². The summed E-state index contributed by atoms with van der Waals surface area (Å²) in [7, 11) is 0. The van der Waals surface area contributed by atoms with E-state index < -0.39 is 0 Å². The van der Waals surface area contributed by atoms with Gasteiger partial charge < -0.3 is 42.7 Å². The zero-order chi connectivity index (χ0) is 29.8. The van der Waals surface area contributed by atoms with Gasteiger partial charge in [0.15, 0.2) is 0 Å². The molecule has 0 aliphatic rings. The summed E-state index contributed by atoms with van der Waals surface area (Å²) in [6.45, 7) is 15.4. The molecule has 10 nitrogen and oxygen atoms in total. The van der Waals surface area contributed by atoms with Crippen molar-refractivity contribution < 1.29 is 4.79 Å². The van der Waals surface area contributed by atoms with Crippen LogP contribution in [0.1, 0.15) is 66.0 Å². The van der Waals surface area contributed by atoms with Crippen molar-refractivity contribution in [3.05, 3.63) is 80.0 Å². The number of carbonyl (C=O) groups excluding carboxylic acids is 1. The van der Waals surface area contributed by atoms with Crippen molar-refractivity contribution in [1.29, 1.82) is 5.41 Å². The molecular weight excluding hydrogens is 504 g/mol. The normalized spacial score (nSPS) is 12.0. The second kappa shape index (κ2) is 15.6. The Labute approximate surface area is 237 Å². The van der Waals surface area contributed by atoms with Gasteiger partial charge in [0.2, 0.25) is 0 Å². The molecule has 0 bridgehead atoms. The molecule has 0 spiro atoms. The third kappa shape index (κ3) is 9.10. The van der Waals surface area contributed by atoms with Crippen LogP contribution in [0, 0.1) is 19.3 Å². The van der Waals surface area contributed by atoms with E-state index in [0.29, 0.717) is 34.7 Å². The van der Waals surface area contributed by atoms with Crippen LogP contribution in [0.5, 0.6) is 0 Å². The highest BCUT2D eigenvalue weighted by Crippen LogP contribution is 2.27. The Morgan fingerprint density at radius 2 is 1.90 bits per heavy atom. The second-order valence-corrected chi connectivity index (χ2v) is 10.1. The minimum atomic E-state index is -0.364. The van der Waals surface area contributed by atoms with E-state index in [1.54, 1.807) is 6.07 Å². The van der Waals surface area contributed by atoms with E-state index in [-0.39, 0.29) is 24.1 Å². The highest BCUT2D eigenvalue weighted by molar-refractivity contribution is 6.06. The number of amides is 1. The van der Waals surface area contributed by atoms with E-state index in [4.69, 9.17) is 16.9 Å². The number of aromatic nitrogens is 1. The van der Waals surface area contributed by atoms with Crippen molar-refractivity contribution in [2.45, 2.75) is 54.1 Å². The SMILES string of the molecule is CCN(CCNCCN)/C(N)=C/C=C(\C)c1cc(NC(C)C)c(C=N)c(C(=O)NCc2c(C)cc(C)[nH]c2=O)c1. The first kappa shape index (κ1) is 32.3. The summed E-state index contributed by atoms with van der Waals surface area (Å²) in [5.74, 6) is 0.279. The Bertz CT molecular complexity index is 1290. The average Bonchev–Trinajstić information content (AvgIpc) is 2.90. The topological polar surface area (TPSA) is 165 Å². The third-order valence-electron chi connectivity index (χ3n) is 6.52. The van der Waals surface area contributed by atoms with Crippen LogP contribution in [-0.2, 0) is 6.54 Å². The van der Waals surface area contributed by atoms with Crippen LogP contribution in [0.3, 0.4) is 0 Å². The van der Waals surface area contributed by atoms with Crippen LogP contribution in [0.4, 0.5) is 5.69 Å². The molecule has 0 radical (unpaired) electrons. The Kier molecular flexibility index (Phi) is 12.6. The van der Waals surface area contributed by atoms with Gasteiger partial charge in [0.05, 0.1) is 11.4 Å². The summed E-state index contributed by atoms with van der Waals surface area (Å²) < 4.78 is 0. The number of allylic oxidation sites excluding steroid dienone is 3. The standard InChI is InChI=1S/C30H46N8O2/c1-7-38(13-12-34-11-10-31)28(33)9-8-20(4)23-15-24(25(17-32)27(16-23)36-19(2)3)29(39)35-18-26-21(5)14-22(6)37-30(26)40/h8-9,14-17,19,32,34,36H,7,10-13,18,31,33H2,1-6H3,(H,35,39)(H,37,40)/b20-8+,28-9+,32-17?. The minimum Gasteiger partial charge on any atom is -0.385 e. The van der Waals surface area contributed by atoms with Gasteiger partial charge in [0, 0.05) is 74.0 Å². The predicted molar refractivity (Wildman–Crippen MR) is 166 cm³/mol. The number of rotatable bonds is 15. The van der Waals surface area contributed by atoms with Gasteiger partial charge in [-0.25, -0.2) is 0 Å². The van der Waals surface area contributed by atoms with Gasteiger partial charge in [-0.3, -0.25) is 9.59 Å². The molecule has 1 aromatic carbocycles. The van der Waals surface area contributed by atoms with Crippen molar-refractivity contribution in [2.24, 2.45) is 11.5 Å². The number of anilines is 1. The van der Waals surface area contributed by atoms with Crippen molar-refractivity contribution >= 4 is 23.4 Å². The lowest BCUT2D eigenvalue weighted by atomic mass is 9.96. The maximum Gasteiger partial charge on any atom is 0.253 e. The van der Waals surface area contributed by atoms with Gasteiger partial charge in [-0.15, -0.1) is 0 Å². The number of carbonyl (C=O) groups is 1. The number of hydrogen-bond donors (Lipinski definition) is 7. The van der Waals surface area contributed by atoms with E-state index in [2.05, 4.69) is 32.8 Å². The van der Waals surface area contributed by atoms with E-state index >= 15 is 0 Å². The smallest absolute Gasteiger partial charge is 0.253 e. The van der Waals surface area contributed by atoms with Crippen molar-refractivity contribution in [2.75, 3.05) is 38.0 Å². The van der Waals surface area contributed by atoms with Crippen LogP contribution in [0.25, 0.3) is 5.57 Å². The molecule has 1 amide bonds. The van der Waals surface area contributed by atoms with Gasteiger partial charge in [-0.1, -0.05) is 6.08 Å². The van der Waals surface area contributed by atoms with E-state index in [1.165, 1.54) is 6.21 Å². The lowest BCUT2D eigenvalue weighted by molar-refractivity contribution is 0.0950. The van der Waals surface area contributed by atoms with Crippen molar-refractivity contribution in [3.8, 4) is 0 Å². The molecule has 1 aromatic heterocycles. The molecule has 0 aliphatic carbocycles. The molecule has 2 rings (SSSR count). The largest absolute Gasteiger partial charge is 0.385 e. The van der Waals surface area contributed by atoms with Crippen molar-refractivity contribution in [3.63, 3.8) is 0 Å². The second-order valence-electron chi connectivity index (χ2n) is 10.1. The van der Waals surface area contributed by atoms with Gasteiger partial charge >= 0.3 is 0 Å². The van der Waals surface area contributed by atoms with Crippen molar-refractivity contribution in [1.82, 2.24) is 20.5 Å². The molecule has 0 unspecified atom stereocenters. The lowest BCUT2D eigenvalue weighted by Crippen LogP contribution is -2.35. The number of nitrogens with one attached hydrogen (secondary N) is 5. The van der Waals surface area contributed by atoms with Crippen LogP contribution < -0.4 is 33.0 Å². The van der Waals surface area contributed by atoms with Gasteiger partial charge in [-0.2, -0.15) is 0 Å². The van der Waals surface area contributed by atoms with Gasteiger partial charge in [-0.05, 0) is 82.5 Å². The molecule has 2 aromatic rings. The molecule has 10 heteroatoms. The molecule has 1 heterocycles. The minimum absolute atomic E-state index is 0.0793. The number of aryl methyl sites for hydroxylation is 2. The number of aromatic amines is 1. The summed E-state index contributed by atoms with van der Waals surface area (Å²) in [4.78, 5) is 30.7. The van der Waals surface area contributed by atoms with Crippen LogP contribution in [-0.4, -0.2) is 60.8 Å². The Morgan fingerprint density at radius 3 is 2.50 bits per heavy atom. The summed E-state index contributed by atoms with van der Waals surface area (Å²) in [5, 5.41) is 17.6. The third-order valence-corrected chi connectivity index (χ3v) is 6.52. The fraction of sp³-hybridized carbons (Fsp3) is 0.433. The molecule has 0 fully saturated rings. The number of nitrogens with two attached hydrogens (primary N) is 2. The van der Waals surface area contributed by atoms with Gasteiger partial charge in [0.1, 0.15) is 0 Å². The van der Waals surface area contributed by atoms with Crippen LogP contribution in [0.15, 0.2) is 41.0 Å². The quantitative estimate of drug-likeness (QED) is 0.102. The fourth-order valence-electron chi connectivity index (χ4n) is 4.34. The first-order valence-corrected chi connectivity index (χ1v) is 13.7. The Morgan fingerprint density at radius 1 is 1.18 bits per heavy atom. The number of pyridine rings is 1. The Balaban J connectivity index is 2.40. The summed E-state index contributed by atoms with van der Waals surface area (Å²) in [6.07, 6.45) is 4.98. The number of likely N-dealkylation sites (N-methyl/N-ethyl adjacent to an activating group) is 1. The van der Waals surface area contributed by atoms with Gasteiger partial charge in [0.25, 0.3) is 11.5 Å². The number of benzene rings is 1. The zero-order valence-corrected chi connectivity index (χ0v) is 24.7. The maximum atomic E-state index is 13.4. The molecule has 0 atom stereocenters. The molecule has 218 valence electrons. The predicted octanol–water partition coefficient (Wildman–Crippen LogP) is 2.81. The first-order chi connectivity index (χ1) is 19.0. The first-order valence-electron chi connectivity index (χ1n) is 13.7. The average molecular weight is 551 g/mol. The van der Waals surface area contributed by atoms with Crippen LogP contribution in [0.2, 0.25) is 0 Å².